The number of benzene rings is 1. The lowest BCUT2D eigenvalue weighted by molar-refractivity contribution is -0.137. The highest BCUT2D eigenvalue weighted by Gasteiger charge is 2.31. The van der Waals surface area contributed by atoms with Crippen LogP contribution in [0.5, 0.6) is 0 Å². The summed E-state index contributed by atoms with van der Waals surface area (Å²) in [6, 6.07) is 3.54. The topological polar surface area (TPSA) is 41.1 Å². The van der Waals surface area contributed by atoms with E-state index in [0.29, 0.717) is 18.7 Å². The summed E-state index contributed by atoms with van der Waals surface area (Å²) in [6.07, 6.45) is -4.40. The van der Waals surface area contributed by atoms with E-state index in [4.69, 9.17) is 0 Å². The molecule has 0 spiro atoms. The van der Waals surface area contributed by atoms with Crippen LogP contribution in [0.15, 0.2) is 18.2 Å². The Morgan fingerprint density at radius 2 is 2.00 bits per heavy atom. The number of carbonyl (C=O) groups excluding carboxylic acids is 1. The molecular weight excluding hydrogens is 245 g/mol. The van der Waals surface area contributed by atoms with Crippen LogP contribution in [0.1, 0.15) is 11.1 Å². The van der Waals surface area contributed by atoms with Gasteiger partial charge in [0.05, 0.1) is 11.5 Å². The zero-order valence-electron chi connectivity index (χ0n) is 9.77. The van der Waals surface area contributed by atoms with Crippen molar-refractivity contribution < 1.29 is 18.0 Å². The van der Waals surface area contributed by atoms with Gasteiger partial charge >= 0.3 is 6.18 Å². The van der Waals surface area contributed by atoms with Crippen LogP contribution in [-0.4, -0.2) is 19.0 Å². The molecule has 0 radical (unpaired) electrons. The molecule has 0 aliphatic carbocycles. The van der Waals surface area contributed by atoms with Gasteiger partial charge in [-0.2, -0.15) is 13.2 Å². The maximum Gasteiger partial charge on any atom is 0.416 e. The van der Waals surface area contributed by atoms with E-state index in [2.05, 4.69) is 10.6 Å². The van der Waals surface area contributed by atoms with Gasteiger partial charge < -0.3 is 10.6 Å². The van der Waals surface area contributed by atoms with Crippen molar-refractivity contribution in [1.29, 1.82) is 0 Å². The maximum absolute atomic E-state index is 12.6. The number of nitrogens with one attached hydrogen (secondary N) is 2. The van der Waals surface area contributed by atoms with Crippen LogP contribution in [-0.2, 0) is 11.0 Å². The number of hydrogen-bond acceptors (Lipinski definition) is 2. The Labute approximate surface area is 102 Å². The predicted molar refractivity (Wildman–Crippen MR) is 61.2 cm³/mol. The summed E-state index contributed by atoms with van der Waals surface area (Å²) in [4.78, 5) is 11.6. The zero-order chi connectivity index (χ0) is 13.3. The molecule has 0 atom stereocenters. The van der Waals surface area contributed by atoms with E-state index in [1.165, 1.54) is 6.07 Å². The minimum absolute atomic E-state index is 0.153. The second-order valence-electron chi connectivity index (χ2n) is 4.43. The first-order valence-corrected chi connectivity index (χ1v) is 5.57. The summed E-state index contributed by atoms with van der Waals surface area (Å²) < 4.78 is 37.8. The number of aryl methyl sites for hydroxylation is 1. The summed E-state index contributed by atoms with van der Waals surface area (Å²) in [5, 5.41) is 5.45. The molecule has 1 fully saturated rings. The van der Waals surface area contributed by atoms with Crippen LogP contribution in [0.4, 0.5) is 18.9 Å². The molecular formula is C12H13F3N2O. The van der Waals surface area contributed by atoms with Gasteiger partial charge in [-0.1, -0.05) is 0 Å². The largest absolute Gasteiger partial charge is 0.416 e. The van der Waals surface area contributed by atoms with E-state index >= 15 is 0 Å². The van der Waals surface area contributed by atoms with Crippen molar-refractivity contribution >= 4 is 11.6 Å². The van der Waals surface area contributed by atoms with E-state index in [0.717, 1.165) is 12.1 Å². The lowest BCUT2D eigenvalue weighted by Gasteiger charge is -2.26. The van der Waals surface area contributed by atoms with Crippen LogP contribution >= 0.6 is 0 Å². The molecule has 1 amide bonds. The molecule has 1 heterocycles. The minimum Gasteiger partial charge on any atom is -0.326 e. The first-order valence-electron chi connectivity index (χ1n) is 5.57. The Bertz CT molecular complexity index is 467. The molecule has 1 aromatic carbocycles. The van der Waals surface area contributed by atoms with Crippen molar-refractivity contribution in [3.63, 3.8) is 0 Å². The maximum atomic E-state index is 12.6. The fourth-order valence-electron chi connectivity index (χ4n) is 1.74. The Kier molecular flexibility index (Phi) is 3.30. The Hall–Kier alpha value is -1.56. The molecule has 98 valence electrons. The fraction of sp³-hybridized carbons (Fsp3) is 0.417. The summed E-state index contributed by atoms with van der Waals surface area (Å²) in [6.45, 7) is 2.71. The highest BCUT2D eigenvalue weighted by atomic mass is 19.4. The quantitative estimate of drug-likeness (QED) is 0.853. The molecule has 6 heteroatoms. The molecule has 0 saturated carbocycles. The van der Waals surface area contributed by atoms with Crippen LogP contribution in [0.2, 0.25) is 0 Å². The van der Waals surface area contributed by atoms with Gasteiger partial charge in [-0.25, -0.2) is 0 Å². The molecule has 3 nitrogen and oxygen atoms in total. The number of alkyl halides is 3. The first-order chi connectivity index (χ1) is 8.36. The second-order valence-corrected chi connectivity index (χ2v) is 4.43. The molecule has 18 heavy (non-hydrogen) atoms. The van der Waals surface area contributed by atoms with Crippen molar-refractivity contribution in [2.24, 2.45) is 5.92 Å². The zero-order valence-corrected chi connectivity index (χ0v) is 9.77. The average Bonchev–Trinajstić information content (AvgIpc) is 2.11. The molecule has 1 saturated heterocycles. The minimum atomic E-state index is -4.40. The summed E-state index contributed by atoms with van der Waals surface area (Å²) >= 11 is 0. The molecule has 2 N–H and O–H groups in total. The number of halogens is 3. The standard InChI is InChI=1S/C12H13F3N2O/c1-7-2-9(12(13,14)15)4-10(3-7)17-11(18)8-5-16-6-8/h2-4,8,16H,5-6H2,1H3,(H,17,18). The van der Waals surface area contributed by atoms with Crippen LogP contribution < -0.4 is 10.6 Å². The molecule has 0 aromatic heterocycles. The van der Waals surface area contributed by atoms with E-state index in [1.54, 1.807) is 6.92 Å². The normalized spacial score (nSPS) is 16.2. The smallest absolute Gasteiger partial charge is 0.326 e. The molecule has 1 aliphatic rings. The lowest BCUT2D eigenvalue weighted by Crippen LogP contribution is -2.48. The number of anilines is 1. The molecule has 1 aliphatic heterocycles. The average molecular weight is 258 g/mol. The molecule has 1 aromatic rings. The number of carbonyl (C=O) groups is 1. The van der Waals surface area contributed by atoms with Gasteiger partial charge in [-0.05, 0) is 30.7 Å². The highest BCUT2D eigenvalue weighted by Crippen LogP contribution is 2.32. The van der Waals surface area contributed by atoms with Gasteiger partial charge in [0.2, 0.25) is 5.91 Å². The Balaban J connectivity index is 2.17. The van der Waals surface area contributed by atoms with Gasteiger partial charge in [0.15, 0.2) is 0 Å². The van der Waals surface area contributed by atoms with Crippen molar-refractivity contribution in [3.8, 4) is 0 Å². The van der Waals surface area contributed by atoms with Crippen LogP contribution in [0, 0.1) is 12.8 Å². The second kappa shape index (κ2) is 4.61. The summed E-state index contributed by atoms with van der Waals surface area (Å²) in [5.74, 6) is -0.396. The van der Waals surface area contributed by atoms with Crippen LogP contribution in [0.3, 0.4) is 0 Å². The Morgan fingerprint density at radius 3 is 2.50 bits per heavy atom. The van der Waals surface area contributed by atoms with E-state index in [1.807, 2.05) is 0 Å². The van der Waals surface area contributed by atoms with Gasteiger partial charge in [0.25, 0.3) is 0 Å². The number of hydrogen-bond donors (Lipinski definition) is 2. The van der Waals surface area contributed by atoms with Gasteiger partial charge in [-0.15, -0.1) is 0 Å². The van der Waals surface area contributed by atoms with Crippen molar-refractivity contribution in [2.75, 3.05) is 18.4 Å². The Morgan fingerprint density at radius 1 is 1.33 bits per heavy atom. The van der Waals surface area contributed by atoms with Crippen molar-refractivity contribution in [2.45, 2.75) is 13.1 Å². The van der Waals surface area contributed by atoms with Crippen molar-refractivity contribution in [1.82, 2.24) is 5.32 Å². The molecule has 0 unspecified atom stereocenters. The number of amides is 1. The third kappa shape index (κ3) is 2.81. The highest BCUT2D eigenvalue weighted by molar-refractivity contribution is 5.93. The third-order valence-corrected chi connectivity index (χ3v) is 2.82. The molecule has 2 rings (SSSR count). The van der Waals surface area contributed by atoms with Gasteiger partial charge in [0.1, 0.15) is 0 Å². The van der Waals surface area contributed by atoms with E-state index < -0.39 is 11.7 Å². The van der Waals surface area contributed by atoms with Gasteiger partial charge in [0, 0.05) is 18.8 Å². The van der Waals surface area contributed by atoms with Crippen LogP contribution in [0.25, 0.3) is 0 Å². The lowest BCUT2D eigenvalue weighted by atomic mass is 10.0. The van der Waals surface area contributed by atoms with Gasteiger partial charge in [-0.3, -0.25) is 4.79 Å². The summed E-state index contributed by atoms with van der Waals surface area (Å²) in [7, 11) is 0. The third-order valence-electron chi connectivity index (χ3n) is 2.82. The van der Waals surface area contributed by atoms with E-state index in [-0.39, 0.29) is 17.5 Å². The SMILES string of the molecule is Cc1cc(NC(=O)C2CNC2)cc(C(F)(F)F)c1. The summed E-state index contributed by atoms with van der Waals surface area (Å²) in [5.41, 5.74) is -0.0874. The first kappa shape index (κ1) is 12.9. The molecule has 0 bridgehead atoms. The number of rotatable bonds is 2. The predicted octanol–water partition coefficient (Wildman–Crippen LogP) is 2.17. The van der Waals surface area contributed by atoms with Crippen molar-refractivity contribution in [3.05, 3.63) is 29.3 Å². The monoisotopic (exact) mass is 258 g/mol. The van der Waals surface area contributed by atoms with E-state index in [9.17, 15) is 18.0 Å². The fourth-order valence-corrected chi connectivity index (χ4v) is 1.74.